The summed E-state index contributed by atoms with van der Waals surface area (Å²) in [7, 11) is 0. The van der Waals surface area contributed by atoms with E-state index in [9.17, 15) is 9.18 Å². The van der Waals surface area contributed by atoms with Crippen molar-refractivity contribution < 1.29 is 9.18 Å². The Morgan fingerprint density at radius 1 is 1.04 bits per heavy atom. The zero-order chi connectivity index (χ0) is 19.3. The number of carbonyl (C=O) groups excluding carboxylic acids is 1. The summed E-state index contributed by atoms with van der Waals surface area (Å²) in [6, 6.07) is 18.3. The van der Waals surface area contributed by atoms with Crippen molar-refractivity contribution >= 4 is 22.5 Å². The molecule has 4 nitrogen and oxygen atoms in total. The molecule has 0 saturated carbocycles. The molecule has 4 aromatic rings. The van der Waals surface area contributed by atoms with Gasteiger partial charge in [0.2, 0.25) is 5.91 Å². The van der Waals surface area contributed by atoms with Gasteiger partial charge in [0.1, 0.15) is 5.82 Å². The molecule has 2 heterocycles. The first-order chi connectivity index (χ1) is 13.7. The third-order valence-electron chi connectivity index (χ3n) is 4.70. The molecule has 0 aliphatic carbocycles. The summed E-state index contributed by atoms with van der Waals surface area (Å²) >= 11 is 0. The van der Waals surface area contributed by atoms with Crippen molar-refractivity contribution in [3.05, 3.63) is 96.2 Å². The van der Waals surface area contributed by atoms with Crippen molar-refractivity contribution in [2.75, 3.05) is 5.32 Å². The fraction of sp³-hybridized carbons (Fsp3) is 0.130. The van der Waals surface area contributed by atoms with Gasteiger partial charge in [-0.1, -0.05) is 30.3 Å². The number of benzene rings is 2. The Morgan fingerprint density at radius 3 is 2.64 bits per heavy atom. The van der Waals surface area contributed by atoms with Crippen molar-refractivity contribution in [3.63, 3.8) is 0 Å². The van der Waals surface area contributed by atoms with Crippen LogP contribution >= 0.6 is 0 Å². The van der Waals surface area contributed by atoms with Gasteiger partial charge in [-0.15, -0.1) is 0 Å². The Hall–Kier alpha value is -3.47. The van der Waals surface area contributed by atoms with Crippen LogP contribution in [0.25, 0.3) is 10.9 Å². The summed E-state index contributed by atoms with van der Waals surface area (Å²) < 4.78 is 15.3. The van der Waals surface area contributed by atoms with Gasteiger partial charge in [0, 0.05) is 36.3 Å². The molecule has 0 unspecified atom stereocenters. The molecule has 0 saturated heterocycles. The lowest BCUT2D eigenvalue weighted by molar-refractivity contribution is -0.116. The van der Waals surface area contributed by atoms with Crippen molar-refractivity contribution in [1.82, 2.24) is 9.55 Å². The van der Waals surface area contributed by atoms with Gasteiger partial charge in [-0.05, 0) is 47.9 Å². The van der Waals surface area contributed by atoms with Crippen LogP contribution < -0.4 is 5.32 Å². The van der Waals surface area contributed by atoms with Gasteiger partial charge < -0.3 is 9.88 Å². The van der Waals surface area contributed by atoms with Crippen LogP contribution in [0.4, 0.5) is 10.1 Å². The molecule has 1 amide bonds. The standard InChI is InChI=1S/C23H20FN3O/c24-19-10-7-17(8-11-19)15-27-16-18(21-5-1-2-6-22(21)27)9-12-23(28)26-20-4-3-13-25-14-20/h1-8,10-11,13-14,16H,9,12,15H2,(H,26,28). The smallest absolute Gasteiger partial charge is 0.224 e. The summed E-state index contributed by atoms with van der Waals surface area (Å²) in [5.41, 5.74) is 3.96. The third-order valence-corrected chi connectivity index (χ3v) is 4.70. The van der Waals surface area contributed by atoms with Gasteiger partial charge in [0.25, 0.3) is 0 Å². The Balaban J connectivity index is 1.51. The molecule has 140 valence electrons. The zero-order valence-corrected chi connectivity index (χ0v) is 15.3. The number of rotatable bonds is 6. The van der Waals surface area contributed by atoms with Gasteiger partial charge in [-0.25, -0.2) is 4.39 Å². The molecular formula is C23H20FN3O. The lowest BCUT2D eigenvalue weighted by atomic mass is 10.1. The van der Waals surface area contributed by atoms with E-state index in [2.05, 4.69) is 33.2 Å². The van der Waals surface area contributed by atoms with Crippen LogP contribution in [0.3, 0.4) is 0 Å². The third kappa shape index (κ3) is 4.09. The van der Waals surface area contributed by atoms with Gasteiger partial charge in [0.15, 0.2) is 0 Å². The maximum Gasteiger partial charge on any atom is 0.224 e. The highest BCUT2D eigenvalue weighted by Crippen LogP contribution is 2.24. The number of nitrogens with one attached hydrogen (secondary N) is 1. The summed E-state index contributed by atoms with van der Waals surface area (Å²) in [5.74, 6) is -0.273. The number of fused-ring (bicyclic) bond motifs is 1. The lowest BCUT2D eigenvalue weighted by Crippen LogP contribution is -2.12. The van der Waals surface area contributed by atoms with E-state index in [1.54, 1.807) is 30.6 Å². The molecule has 0 atom stereocenters. The number of pyridine rings is 1. The second-order valence-corrected chi connectivity index (χ2v) is 6.72. The number of amides is 1. The Bertz CT molecular complexity index is 1090. The number of hydrogen-bond donors (Lipinski definition) is 1. The van der Waals surface area contributed by atoms with E-state index in [4.69, 9.17) is 0 Å². The molecule has 28 heavy (non-hydrogen) atoms. The number of anilines is 1. The number of aryl methyl sites for hydroxylation is 1. The minimum absolute atomic E-state index is 0.0386. The number of halogens is 1. The maximum atomic E-state index is 13.2. The zero-order valence-electron chi connectivity index (χ0n) is 15.3. The fourth-order valence-corrected chi connectivity index (χ4v) is 3.35. The van der Waals surface area contributed by atoms with Gasteiger partial charge in [-0.3, -0.25) is 9.78 Å². The van der Waals surface area contributed by atoms with Gasteiger partial charge in [0.05, 0.1) is 11.9 Å². The molecule has 2 aromatic carbocycles. The second kappa shape index (κ2) is 8.05. The maximum absolute atomic E-state index is 13.2. The molecule has 4 rings (SSSR count). The second-order valence-electron chi connectivity index (χ2n) is 6.72. The van der Waals surface area contributed by atoms with Crippen molar-refractivity contribution in [2.45, 2.75) is 19.4 Å². The quantitative estimate of drug-likeness (QED) is 0.528. The molecule has 0 aliphatic rings. The highest BCUT2D eigenvalue weighted by Gasteiger charge is 2.11. The first kappa shape index (κ1) is 17.9. The fourth-order valence-electron chi connectivity index (χ4n) is 3.35. The molecule has 0 aliphatic heterocycles. The monoisotopic (exact) mass is 373 g/mol. The van der Waals surface area contributed by atoms with E-state index < -0.39 is 0 Å². The number of carbonyl (C=O) groups is 1. The van der Waals surface area contributed by atoms with Crippen molar-refractivity contribution in [1.29, 1.82) is 0 Å². The number of nitrogens with zero attached hydrogens (tertiary/aromatic N) is 2. The SMILES string of the molecule is O=C(CCc1cn(Cc2ccc(F)cc2)c2ccccc12)Nc1cccnc1. The minimum Gasteiger partial charge on any atom is -0.343 e. The van der Waals surface area contributed by atoms with Crippen LogP contribution in [0.2, 0.25) is 0 Å². The van der Waals surface area contributed by atoms with E-state index in [0.29, 0.717) is 25.1 Å². The Labute approximate surface area is 162 Å². The van der Waals surface area contributed by atoms with Crippen LogP contribution in [-0.2, 0) is 17.8 Å². The molecule has 2 aromatic heterocycles. The predicted octanol–water partition coefficient (Wildman–Crippen LogP) is 4.80. The van der Waals surface area contributed by atoms with E-state index in [0.717, 1.165) is 22.0 Å². The van der Waals surface area contributed by atoms with E-state index in [1.165, 1.54) is 12.1 Å². The average molecular weight is 373 g/mol. The van der Waals surface area contributed by atoms with Crippen molar-refractivity contribution in [3.8, 4) is 0 Å². The predicted molar refractivity (Wildman–Crippen MR) is 109 cm³/mol. The van der Waals surface area contributed by atoms with E-state index in [1.807, 2.05) is 18.2 Å². The minimum atomic E-state index is -0.235. The molecular weight excluding hydrogens is 353 g/mol. The molecule has 0 spiro atoms. The van der Waals surface area contributed by atoms with Crippen LogP contribution in [-0.4, -0.2) is 15.5 Å². The summed E-state index contributed by atoms with van der Waals surface area (Å²) in [6.45, 7) is 0.655. The molecule has 0 radical (unpaired) electrons. The van der Waals surface area contributed by atoms with Crippen LogP contribution in [0.15, 0.2) is 79.3 Å². The molecule has 5 heteroatoms. The van der Waals surface area contributed by atoms with Crippen molar-refractivity contribution in [2.24, 2.45) is 0 Å². The Morgan fingerprint density at radius 2 is 1.86 bits per heavy atom. The largest absolute Gasteiger partial charge is 0.343 e. The van der Waals surface area contributed by atoms with Crippen LogP contribution in [0.5, 0.6) is 0 Å². The summed E-state index contributed by atoms with van der Waals surface area (Å²) in [6.07, 6.45) is 6.42. The number of aromatic nitrogens is 2. The lowest BCUT2D eigenvalue weighted by Gasteiger charge is -2.05. The van der Waals surface area contributed by atoms with E-state index >= 15 is 0 Å². The topological polar surface area (TPSA) is 46.9 Å². The molecule has 1 N–H and O–H groups in total. The summed E-state index contributed by atoms with van der Waals surface area (Å²) in [5, 5.41) is 4.01. The highest BCUT2D eigenvalue weighted by molar-refractivity contribution is 5.91. The number of para-hydroxylation sites is 1. The molecule has 0 fully saturated rings. The van der Waals surface area contributed by atoms with Gasteiger partial charge >= 0.3 is 0 Å². The Kier molecular flexibility index (Phi) is 5.15. The first-order valence-corrected chi connectivity index (χ1v) is 9.20. The highest BCUT2D eigenvalue weighted by atomic mass is 19.1. The average Bonchev–Trinajstić information content (AvgIpc) is 3.07. The number of hydrogen-bond acceptors (Lipinski definition) is 2. The summed E-state index contributed by atoms with van der Waals surface area (Å²) in [4.78, 5) is 16.3. The first-order valence-electron chi connectivity index (χ1n) is 9.20. The molecule has 0 bridgehead atoms. The van der Waals surface area contributed by atoms with E-state index in [-0.39, 0.29) is 11.7 Å². The van der Waals surface area contributed by atoms with Crippen LogP contribution in [0.1, 0.15) is 17.5 Å². The normalized spacial score (nSPS) is 10.9. The van der Waals surface area contributed by atoms with Crippen LogP contribution in [0, 0.1) is 5.82 Å². The van der Waals surface area contributed by atoms with Gasteiger partial charge in [-0.2, -0.15) is 0 Å².